The van der Waals surface area contributed by atoms with E-state index in [1.54, 1.807) is 4.90 Å². The third-order valence-electron chi connectivity index (χ3n) is 5.57. The number of rotatable bonds is 4. The van der Waals surface area contributed by atoms with Crippen LogP contribution in [0.2, 0.25) is 0 Å². The lowest BCUT2D eigenvalue weighted by atomic mass is 9.87. The number of amides is 2. The second-order valence-electron chi connectivity index (χ2n) is 7.62. The maximum absolute atomic E-state index is 12.6. The number of hydrogen-bond acceptors (Lipinski definition) is 4. The Morgan fingerprint density at radius 3 is 2.56 bits per heavy atom. The average molecular weight is 369 g/mol. The Balaban J connectivity index is 1.61. The Labute approximate surface area is 159 Å². The first-order valence-electron chi connectivity index (χ1n) is 9.20. The van der Waals surface area contributed by atoms with Crippen LogP contribution < -0.4 is 5.73 Å². The van der Waals surface area contributed by atoms with Crippen LogP contribution in [0, 0.1) is 6.92 Å². The minimum atomic E-state index is -0.634. The van der Waals surface area contributed by atoms with E-state index in [0.717, 1.165) is 19.4 Å². The van der Waals surface area contributed by atoms with E-state index in [-0.39, 0.29) is 17.3 Å². The highest BCUT2D eigenvalue weighted by Crippen LogP contribution is 2.29. The first kappa shape index (κ1) is 19.1. The molecule has 1 fully saturated rings. The van der Waals surface area contributed by atoms with Gasteiger partial charge in [0, 0.05) is 31.4 Å². The number of likely N-dealkylation sites (tertiary alicyclic amines) is 1. The third kappa shape index (κ3) is 4.19. The molecular formula is C20H27N5O2. The number of aromatic nitrogens is 2. The van der Waals surface area contributed by atoms with E-state index < -0.39 is 5.91 Å². The Morgan fingerprint density at radius 1 is 1.26 bits per heavy atom. The molecule has 1 aliphatic rings. The average Bonchev–Trinajstić information content (AvgIpc) is 3.12. The van der Waals surface area contributed by atoms with Crippen molar-refractivity contribution in [3.8, 4) is 0 Å². The molecule has 0 bridgehead atoms. The molecule has 7 nitrogen and oxygen atoms in total. The Hall–Kier alpha value is -2.67. The lowest BCUT2D eigenvalue weighted by Crippen LogP contribution is -2.53. The molecule has 144 valence electrons. The molecule has 27 heavy (non-hydrogen) atoms. The molecule has 0 atom stereocenters. The smallest absolute Gasteiger partial charge is 0.344 e. The van der Waals surface area contributed by atoms with Crippen LogP contribution in [-0.4, -0.2) is 57.2 Å². The monoisotopic (exact) mass is 369 g/mol. The maximum atomic E-state index is 12.6. The predicted molar refractivity (Wildman–Crippen MR) is 103 cm³/mol. The first-order chi connectivity index (χ1) is 12.8. The summed E-state index contributed by atoms with van der Waals surface area (Å²) in [7, 11) is 2.15. The van der Waals surface area contributed by atoms with Crippen molar-refractivity contribution in [1.29, 1.82) is 0 Å². The van der Waals surface area contributed by atoms with Gasteiger partial charge >= 0.3 is 6.03 Å². The van der Waals surface area contributed by atoms with Crippen molar-refractivity contribution in [1.82, 2.24) is 19.6 Å². The van der Waals surface area contributed by atoms with Gasteiger partial charge in [-0.1, -0.05) is 29.8 Å². The van der Waals surface area contributed by atoms with Crippen molar-refractivity contribution in [2.45, 2.75) is 38.8 Å². The Morgan fingerprint density at radius 2 is 1.96 bits per heavy atom. The predicted octanol–water partition coefficient (Wildman–Crippen LogP) is 2.25. The van der Waals surface area contributed by atoms with Gasteiger partial charge in [0.25, 0.3) is 5.91 Å². The fourth-order valence-corrected chi connectivity index (χ4v) is 3.54. The van der Waals surface area contributed by atoms with Crippen molar-refractivity contribution in [3.63, 3.8) is 0 Å². The van der Waals surface area contributed by atoms with Gasteiger partial charge in [-0.3, -0.25) is 9.69 Å². The van der Waals surface area contributed by atoms with Crippen molar-refractivity contribution in [3.05, 3.63) is 53.3 Å². The van der Waals surface area contributed by atoms with Crippen LogP contribution in [0.25, 0.3) is 0 Å². The van der Waals surface area contributed by atoms with Crippen molar-refractivity contribution >= 4 is 11.9 Å². The number of primary amides is 1. The van der Waals surface area contributed by atoms with Gasteiger partial charge in [0.15, 0.2) is 5.69 Å². The van der Waals surface area contributed by atoms with E-state index in [4.69, 9.17) is 5.73 Å². The van der Waals surface area contributed by atoms with Gasteiger partial charge in [-0.05, 0) is 45.4 Å². The molecular weight excluding hydrogens is 342 g/mol. The van der Waals surface area contributed by atoms with Crippen LogP contribution in [0.4, 0.5) is 4.79 Å². The highest BCUT2D eigenvalue weighted by molar-refractivity contribution is 5.91. The number of carbonyl (C=O) groups is 2. The highest BCUT2D eigenvalue weighted by Gasteiger charge is 2.35. The zero-order valence-electron chi connectivity index (χ0n) is 16.2. The molecule has 2 heterocycles. The zero-order valence-corrected chi connectivity index (χ0v) is 16.2. The van der Waals surface area contributed by atoms with Gasteiger partial charge in [-0.15, -0.1) is 0 Å². The molecule has 1 aliphatic heterocycles. The molecule has 0 saturated carbocycles. The van der Waals surface area contributed by atoms with E-state index in [1.165, 1.54) is 28.1 Å². The lowest BCUT2D eigenvalue weighted by molar-refractivity contribution is 0.0585. The normalized spacial score (nSPS) is 16.5. The van der Waals surface area contributed by atoms with Gasteiger partial charge in [-0.25, -0.2) is 4.79 Å². The molecule has 2 amide bonds. The van der Waals surface area contributed by atoms with Crippen LogP contribution in [0.15, 0.2) is 36.5 Å². The number of benzene rings is 1. The minimum Gasteiger partial charge on any atom is -0.364 e. The quantitative estimate of drug-likeness (QED) is 0.896. The van der Waals surface area contributed by atoms with E-state index in [2.05, 4.69) is 55.2 Å². The number of hydrogen-bond donors (Lipinski definition) is 1. The summed E-state index contributed by atoms with van der Waals surface area (Å²) in [6.07, 6.45) is 3.25. The van der Waals surface area contributed by atoms with E-state index in [1.807, 2.05) is 0 Å². The van der Waals surface area contributed by atoms with Gasteiger partial charge < -0.3 is 10.6 Å². The van der Waals surface area contributed by atoms with Gasteiger partial charge in [0.2, 0.25) is 0 Å². The molecule has 2 N–H and O–H groups in total. The number of carbonyl (C=O) groups excluding carboxylic acids is 2. The topological polar surface area (TPSA) is 84.5 Å². The number of nitrogens with two attached hydrogens (primary N) is 1. The molecule has 1 saturated heterocycles. The summed E-state index contributed by atoms with van der Waals surface area (Å²) in [5.74, 6) is -0.634. The van der Waals surface area contributed by atoms with Crippen LogP contribution in [0.5, 0.6) is 0 Å². The summed E-state index contributed by atoms with van der Waals surface area (Å²) >= 11 is 0. The molecule has 1 aromatic heterocycles. The molecule has 0 radical (unpaired) electrons. The van der Waals surface area contributed by atoms with Crippen LogP contribution >= 0.6 is 0 Å². The molecule has 7 heteroatoms. The van der Waals surface area contributed by atoms with E-state index in [0.29, 0.717) is 13.1 Å². The van der Waals surface area contributed by atoms with Gasteiger partial charge in [0.05, 0.1) is 0 Å². The fraction of sp³-hybridized carbons (Fsp3) is 0.450. The molecule has 2 aromatic rings. The van der Waals surface area contributed by atoms with E-state index >= 15 is 0 Å². The second kappa shape index (κ2) is 7.52. The highest BCUT2D eigenvalue weighted by atomic mass is 16.2. The van der Waals surface area contributed by atoms with Crippen molar-refractivity contribution in [2.75, 3.05) is 20.1 Å². The third-order valence-corrected chi connectivity index (χ3v) is 5.57. The zero-order chi connectivity index (χ0) is 19.6. The molecule has 0 aliphatic carbocycles. The SMILES string of the molecule is Cc1cccc(CN(C)C2(C)CCN(C(=O)n3ccc(C(N)=O)n3)CC2)c1. The number of nitrogens with zero attached hydrogens (tertiary/aromatic N) is 4. The minimum absolute atomic E-state index is 0.0308. The van der Waals surface area contributed by atoms with Crippen LogP contribution in [0.3, 0.4) is 0 Å². The first-order valence-corrected chi connectivity index (χ1v) is 9.20. The summed E-state index contributed by atoms with van der Waals surface area (Å²) in [6, 6.07) is 9.81. The lowest BCUT2D eigenvalue weighted by Gasteiger charge is -2.45. The van der Waals surface area contributed by atoms with Crippen LogP contribution in [-0.2, 0) is 6.54 Å². The Bertz CT molecular complexity index is 836. The standard InChI is InChI=1S/C20H27N5O2/c1-15-5-4-6-16(13-15)14-23(3)20(2)8-11-24(12-9-20)19(27)25-10-7-17(22-25)18(21)26/h4-7,10,13H,8-9,11-12,14H2,1-3H3,(H2,21,26). The largest absolute Gasteiger partial charge is 0.364 e. The second-order valence-corrected chi connectivity index (χ2v) is 7.62. The van der Waals surface area contributed by atoms with Gasteiger partial charge in [-0.2, -0.15) is 9.78 Å². The maximum Gasteiger partial charge on any atom is 0.344 e. The summed E-state index contributed by atoms with van der Waals surface area (Å²) in [5.41, 5.74) is 7.90. The summed E-state index contributed by atoms with van der Waals surface area (Å²) in [6.45, 7) is 6.55. The van der Waals surface area contributed by atoms with Crippen molar-refractivity contribution in [2.24, 2.45) is 5.73 Å². The number of aryl methyl sites for hydroxylation is 1. The molecule has 1 aromatic carbocycles. The molecule has 3 rings (SSSR count). The van der Waals surface area contributed by atoms with Crippen molar-refractivity contribution < 1.29 is 9.59 Å². The fourth-order valence-electron chi connectivity index (χ4n) is 3.54. The molecule has 0 unspecified atom stereocenters. The summed E-state index contributed by atoms with van der Waals surface area (Å²) in [4.78, 5) is 27.9. The molecule has 0 spiro atoms. The van der Waals surface area contributed by atoms with Gasteiger partial charge in [0.1, 0.15) is 0 Å². The van der Waals surface area contributed by atoms with E-state index in [9.17, 15) is 9.59 Å². The number of piperidine rings is 1. The summed E-state index contributed by atoms with van der Waals surface area (Å²) in [5, 5.41) is 3.96. The summed E-state index contributed by atoms with van der Waals surface area (Å²) < 4.78 is 1.19. The Kier molecular flexibility index (Phi) is 5.32. The van der Waals surface area contributed by atoms with Crippen LogP contribution in [0.1, 0.15) is 41.4 Å².